The van der Waals surface area contributed by atoms with E-state index in [9.17, 15) is 4.57 Å². The van der Waals surface area contributed by atoms with E-state index in [1.807, 2.05) is 0 Å². The van der Waals surface area contributed by atoms with Crippen LogP contribution in [0.1, 0.15) is 81.1 Å². The van der Waals surface area contributed by atoms with Gasteiger partial charge in [-0.1, -0.05) is 55.4 Å². The first-order valence-corrected chi connectivity index (χ1v) is 10.8. The monoisotopic (exact) mass is 382 g/mol. The van der Waals surface area contributed by atoms with Gasteiger partial charge in [-0.3, -0.25) is 9.05 Å². The topological polar surface area (TPSA) is 44.8 Å². The third-order valence-electron chi connectivity index (χ3n) is 3.74. The molecule has 0 saturated heterocycles. The summed E-state index contributed by atoms with van der Waals surface area (Å²) >= 11 is 3.68. The van der Waals surface area contributed by atoms with E-state index in [0.717, 1.165) is 25.7 Å². The van der Waals surface area contributed by atoms with E-state index in [1.54, 1.807) is 0 Å². The molecule has 0 aliphatic heterocycles. The molecule has 0 fully saturated rings. The van der Waals surface area contributed by atoms with E-state index >= 15 is 0 Å². The van der Waals surface area contributed by atoms with Crippen molar-refractivity contribution in [3.8, 4) is 0 Å². The number of phosphoric ester groups is 1. The van der Waals surface area contributed by atoms with Crippen LogP contribution < -0.4 is 0 Å². The highest BCUT2D eigenvalue weighted by Gasteiger charge is 2.27. The lowest BCUT2D eigenvalue weighted by atomic mass is 9.84. The normalized spacial score (nSPS) is 18.2. The zero-order valence-corrected chi connectivity index (χ0v) is 18.7. The van der Waals surface area contributed by atoms with Crippen molar-refractivity contribution in [2.75, 3.05) is 13.2 Å². The average molecular weight is 383 g/mol. The van der Waals surface area contributed by atoms with Crippen LogP contribution in [-0.4, -0.2) is 13.2 Å². The minimum atomic E-state index is -3.55. The molecule has 0 bridgehead atoms. The molecule has 0 aliphatic carbocycles. The van der Waals surface area contributed by atoms with Crippen molar-refractivity contribution in [1.82, 2.24) is 0 Å². The van der Waals surface area contributed by atoms with Gasteiger partial charge in [-0.2, -0.15) is 0 Å². The molecule has 0 aromatic rings. The van der Waals surface area contributed by atoms with E-state index in [4.69, 9.17) is 13.0 Å². The fraction of sp³-hybridized carbons (Fsp3) is 1.00. The van der Waals surface area contributed by atoms with Crippen LogP contribution >= 0.6 is 20.7 Å². The molecule has 0 aliphatic rings. The fourth-order valence-electron chi connectivity index (χ4n) is 3.11. The van der Waals surface area contributed by atoms with Gasteiger partial charge in [-0.25, -0.2) is 8.54 Å². The standard InChI is InChI=1S/C18H39O4PS/c1-15(13-17(3,4)5)9-11-20-23(19,22-24)21-12-10-16(2)14-18(6,7)8/h15-16,24H,9-14H2,1-8H3. The van der Waals surface area contributed by atoms with Crippen LogP contribution in [0.25, 0.3) is 0 Å². The second-order valence-electron chi connectivity index (χ2n) is 9.51. The first kappa shape index (κ1) is 24.5. The lowest BCUT2D eigenvalue weighted by Crippen LogP contribution is -2.13. The Morgan fingerprint density at radius 1 is 0.833 bits per heavy atom. The van der Waals surface area contributed by atoms with Gasteiger partial charge in [-0.15, -0.1) is 0 Å². The molecule has 146 valence electrons. The maximum atomic E-state index is 12.4. The molecule has 0 amide bonds. The van der Waals surface area contributed by atoms with Crippen LogP contribution in [0.3, 0.4) is 0 Å². The summed E-state index contributed by atoms with van der Waals surface area (Å²) in [7, 11) is -3.55. The van der Waals surface area contributed by atoms with Crippen molar-refractivity contribution in [1.29, 1.82) is 0 Å². The molecular formula is C18H39O4PS. The van der Waals surface area contributed by atoms with E-state index in [-0.39, 0.29) is 10.8 Å². The molecule has 0 heterocycles. The quantitative estimate of drug-likeness (QED) is 0.239. The first-order valence-electron chi connectivity index (χ1n) is 8.99. The van der Waals surface area contributed by atoms with E-state index in [2.05, 4.69) is 68.3 Å². The molecule has 24 heavy (non-hydrogen) atoms. The Hall–Kier alpha value is 0.460. The Bertz CT molecular complexity index is 355. The van der Waals surface area contributed by atoms with Crippen molar-refractivity contribution in [2.45, 2.75) is 81.1 Å². The molecule has 0 aromatic heterocycles. The number of thiol groups is 1. The predicted molar refractivity (Wildman–Crippen MR) is 105 cm³/mol. The summed E-state index contributed by atoms with van der Waals surface area (Å²) in [6, 6.07) is 0. The lowest BCUT2D eigenvalue weighted by Gasteiger charge is -2.24. The Morgan fingerprint density at radius 3 is 1.42 bits per heavy atom. The second-order valence-corrected chi connectivity index (χ2v) is 11.6. The molecule has 2 atom stereocenters. The average Bonchev–Trinajstić information content (AvgIpc) is 2.34. The highest BCUT2D eigenvalue weighted by molar-refractivity contribution is 7.80. The van der Waals surface area contributed by atoms with Crippen molar-refractivity contribution < 1.29 is 17.6 Å². The van der Waals surface area contributed by atoms with Gasteiger partial charge in [0.05, 0.1) is 13.2 Å². The van der Waals surface area contributed by atoms with Gasteiger partial charge in [0.25, 0.3) is 0 Å². The van der Waals surface area contributed by atoms with E-state index in [1.165, 1.54) is 0 Å². The van der Waals surface area contributed by atoms with Crippen LogP contribution in [0.2, 0.25) is 0 Å². The summed E-state index contributed by atoms with van der Waals surface area (Å²) in [6.45, 7) is 18.4. The molecule has 2 unspecified atom stereocenters. The largest absolute Gasteiger partial charge is 0.485 e. The molecule has 0 N–H and O–H groups in total. The van der Waals surface area contributed by atoms with Crippen LogP contribution in [0, 0.1) is 22.7 Å². The van der Waals surface area contributed by atoms with Crippen molar-refractivity contribution in [3.63, 3.8) is 0 Å². The van der Waals surface area contributed by atoms with Crippen LogP contribution in [-0.2, 0) is 17.6 Å². The molecule has 0 rings (SSSR count). The van der Waals surface area contributed by atoms with Gasteiger partial charge in [0.15, 0.2) is 0 Å². The van der Waals surface area contributed by atoms with E-state index in [0.29, 0.717) is 25.0 Å². The summed E-state index contributed by atoms with van der Waals surface area (Å²) in [5.41, 5.74) is 0.561. The lowest BCUT2D eigenvalue weighted by molar-refractivity contribution is 0.141. The number of hydrogen-bond donors (Lipinski definition) is 1. The molecule has 0 spiro atoms. The number of hydrogen-bond acceptors (Lipinski definition) is 5. The van der Waals surface area contributed by atoms with Gasteiger partial charge in [0.2, 0.25) is 0 Å². The maximum absolute atomic E-state index is 12.4. The fourth-order valence-corrected chi connectivity index (χ4v) is 4.22. The van der Waals surface area contributed by atoms with Crippen molar-refractivity contribution >= 4 is 20.7 Å². The summed E-state index contributed by atoms with van der Waals surface area (Å²) in [5, 5.41) is 0. The number of phosphoric acid groups is 1. The molecule has 4 nitrogen and oxygen atoms in total. The highest BCUT2D eigenvalue weighted by Crippen LogP contribution is 2.51. The van der Waals surface area contributed by atoms with Gasteiger partial charge >= 0.3 is 7.82 Å². The third kappa shape index (κ3) is 13.7. The van der Waals surface area contributed by atoms with Gasteiger partial charge in [-0.05, 0) is 61.3 Å². The van der Waals surface area contributed by atoms with Gasteiger partial charge < -0.3 is 0 Å². The first-order chi connectivity index (χ1) is 10.8. The minimum absolute atomic E-state index is 0.281. The predicted octanol–water partition coefficient (Wildman–Crippen LogP) is 6.91. The summed E-state index contributed by atoms with van der Waals surface area (Å²) in [5.74, 6) is 0.982. The Morgan fingerprint density at radius 2 is 1.17 bits per heavy atom. The molecular weight excluding hydrogens is 343 g/mol. The number of rotatable bonds is 11. The smallest absolute Gasteiger partial charge is 0.286 e. The molecule has 0 saturated carbocycles. The Kier molecular flexibility index (Phi) is 10.8. The Labute approximate surface area is 155 Å². The van der Waals surface area contributed by atoms with Crippen molar-refractivity contribution in [2.24, 2.45) is 22.7 Å². The summed E-state index contributed by atoms with van der Waals surface area (Å²) in [6.07, 6.45) is 3.82. The second kappa shape index (κ2) is 10.6. The van der Waals surface area contributed by atoms with Gasteiger partial charge in [0, 0.05) is 0 Å². The van der Waals surface area contributed by atoms with Gasteiger partial charge in [0.1, 0.15) is 0 Å². The molecule has 6 heteroatoms. The molecule has 0 aromatic carbocycles. The van der Waals surface area contributed by atoms with Crippen LogP contribution in [0.15, 0.2) is 0 Å². The van der Waals surface area contributed by atoms with Crippen molar-refractivity contribution in [3.05, 3.63) is 0 Å². The summed E-state index contributed by atoms with van der Waals surface area (Å²) in [4.78, 5) is 0. The zero-order valence-electron chi connectivity index (χ0n) is 16.9. The van der Waals surface area contributed by atoms with Crippen LogP contribution in [0.4, 0.5) is 0 Å². The minimum Gasteiger partial charge on any atom is -0.286 e. The zero-order chi connectivity index (χ0) is 19.0. The highest BCUT2D eigenvalue weighted by atomic mass is 32.1. The maximum Gasteiger partial charge on any atom is 0.485 e. The van der Waals surface area contributed by atoms with E-state index < -0.39 is 7.82 Å². The van der Waals surface area contributed by atoms with Crippen LogP contribution in [0.5, 0.6) is 0 Å². The SMILES string of the molecule is CC(CCOP(=O)(OS)OCCC(C)CC(C)(C)C)CC(C)(C)C. The Balaban J connectivity index is 4.14. The third-order valence-corrected chi connectivity index (χ3v) is 5.54. The molecule has 0 radical (unpaired) electrons. The summed E-state index contributed by atoms with van der Waals surface area (Å²) < 4.78 is 27.8.